The number of allylic oxidation sites excluding steroid dienone is 1. The number of hydrogen-bond acceptors (Lipinski definition) is 3. The molecule has 0 spiro atoms. The van der Waals surface area contributed by atoms with Crippen molar-refractivity contribution in [2.75, 3.05) is 6.61 Å². The van der Waals surface area contributed by atoms with E-state index in [1.807, 2.05) is 0 Å². The molecule has 0 saturated carbocycles. The van der Waals surface area contributed by atoms with Gasteiger partial charge < -0.3 is 4.74 Å². The second kappa shape index (κ2) is 5.76. The fourth-order valence-corrected chi connectivity index (χ4v) is 3.25. The van der Waals surface area contributed by atoms with Crippen LogP contribution in [0.4, 0.5) is 0 Å². The molecule has 19 heavy (non-hydrogen) atoms. The van der Waals surface area contributed by atoms with Crippen LogP contribution in [0, 0.1) is 5.92 Å². The van der Waals surface area contributed by atoms with E-state index in [-0.39, 0.29) is 6.04 Å². The molecule has 102 valence electrons. The van der Waals surface area contributed by atoms with Crippen molar-refractivity contribution in [3.8, 4) is 0 Å². The molecule has 1 aliphatic carbocycles. The molecule has 3 heteroatoms. The fraction of sp³-hybridized carbons (Fsp3) is 0.500. The molecule has 2 unspecified atom stereocenters. The molecule has 2 aliphatic rings. The van der Waals surface area contributed by atoms with Gasteiger partial charge in [0, 0.05) is 0 Å². The second-order valence-electron chi connectivity index (χ2n) is 5.51. The van der Waals surface area contributed by atoms with Crippen molar-refractivity contribution in [3.05, 3.63) is 47.2 Å². The first-order chi connectivity index (χ1) is 9.38. The monoisotopic (exact) mass is 258 g/mol. The number of nitrogens with one attached hydrogen (secondary N) is 1. The first-order valence-electron chi connectivity index (χ1n) is 7.24. The average molecular weight is 258 g/mol. The van der Waals surface area contributed by atoms with Crippen LogP contribution in [0.5, 0.6) is 0 Å². The Labute approximate surface area is 114 Å². The second-order valence-corrected chi connectivity index (χ2v) is 5.51. The molecule has 1 aliphatic heterocycles. The van der Waals surface area contributed by atoms with Gasteiger partial charge >= 0.3 is 0 Å². The number of hydrazine groups is 1. The van der Waals surface area contributed by atoms with Crippen molar-refractivity contribution in [1.82, 2.24) is 5.43 Å². The molecule has 0 saturated heterocycles. The summed E-state index contributed by atoms with van der Waals surface area (Å²) in [6.45, 7) is 0.827. The van der Waals surface area contributed by atoms with Gasteiger partial charge in [-0.05, 0) is 55.2 Å². The van der Waals surface area contributed by atoms with Gasteiger partial charge in [0.25, 0.3) is 0 Å². The van der Waals surface area contributed by atoms with E-state index in [1.54, 1.807) is 0 Å². The zero-order chi connectivity index (χ0) is 13.1. The van der Waals surface area contributed by atoms with Gasteiger partial charge in [0.15, 0.2) is 0 Å². The molecule has 3 rings (SSSR count). The zero-order valence-corrected chi connectivity index (χ0v) is 11.3. The Balaban J connectivity index is 1.77. The first kappa shape index (κ1) is 12.7. The molecule has 3 N–H and O–H groups in total. The molecule has 0 fully saturated rings. The fourth-order valence-electron chi connectivity index (χ4n) is 3.25. The lowest BCUT2D eigenvalue weighted by Crippen LogP contribution is -2.45. The molecule has 2 atom stereocenters. The summed E-state index contributed by atoms with van der Waals surface area (Å²) in [5.74, 6) is 7.37. The summed E-state index contributed by atoms with van der Waals surface area (Å²) in [4.78, 5) is 0. The lowest BCUT2D eigenvalue weighted by atomic mass is 9.79. The summed E-state index contributed by atoms with van der Waals surface area (Å²) in [6, 6.07) is 8.90. The van der Waals surface area contributed by atoms with Crippen molar-refractivity contribution >= 4 is 0 Å². The Bertz CT molecular complexity index is 470. The number of rotatable bonds is 3. The van der Waals surface area contributed by atoms with E-state index in [2.05, 4.69) is 35.8 Å². The first-order valence-corrected chi connectivity index (χ1v) is 7.24. The molecule has 0 bridgehead atoms. The average Bonchev–Trinajstić information content (AvgIpc) is 2.49. The van der Waals surface area contributed by atoms with Crippen LogP contribution in [-0.4, -0.2) is 12.6 Å². The SMILES string of the molecule is NNC(C1=CCCCO1)C1CCc2ccccc2C1. The predicted molar refractivity (Wildman–Crippen MR) is 76.3 cm³/mol. The number of hydrogen-bond donors (Lipinski definition) is 2. The van der Waals surface area contributed by atoms with Crippen LogP contribution in [-0.2, 0) is 17.6 Å². The van der Waals surface area contributed by atoms with Gasteiger partial charge in [0.05, 0.1) is 12.6 Å². The number of benzene rings is 1. The highest BCUT2D eigenvalue weighted by molar-refractivity contribution is 5.30. The minimum atomic E-state index is 0.161. The predicted octanol–water partition coefficient (Wildman–Crippen LogP) is 2.32. The lowest BCUT2D eigenvalue weighted by Gasteiger charge is -2.33. The Morgan fingerprint density at radius 1 is 1.26 bits per heavy atom. The quantitative estimate of drug-likeness (QED) is 0.646. The Morgan fingerprint density at radius 3 is 2.84 bits per heavy atom. The van der Waals surface area contributed by atoms with E-state index in [9.17, 15) is 0 Å². The van der Waals surface area contributed by atoms with E-state index < -0.39 is 0 Å². The van der Waals surface area contributed by atoms with Crippen LogP contribution in [0.1, 0.15) is 30.4 Å². The van der Waals surface area contributed by atoms with Crippen LogP contribution in [0.15, 0.2) is 36.1 Å². The Kier molecular flexibility index (Phi) is 3.85. The van der Waals surface area contributed by atoms with E-state index >= 15 is 0 Å². The summed E-state index contributed by atoms with van der Waals surface area (Å²) in [5.41, 5.74) is 5.94. The van der Waals surface area contributed by atoms with Crippen LogP contribution >= 0.6 is 0 Å². The molecular weight excluding hydrogens is 236 g/mol. The van der Waals surface area contributed by atoms with Gasteiger partial charge in [0.2, 0.25) is 0 Å². The van der Waals surface area contributed by atoms with Gasteiger partial charge in [-0.3, -0.25) is 5.84 Å². The van der Waals surface area contributed by atoms with E-state index in [0.717, 1.165) is 38.0 Å². The summed E-state index contributed by atoms with van der Waals surface area (Å²) in [5, 5.41) is 0. The van der Waals surface area contributed by atoms with Crippen molar-refractivity contribution in [1.29, 1.82) is 0 Å². The van der Waals surface area contributed by atoms with Gasteiger partial charge in [-0.1, -0.05) is 24.3 Å². The summed E-state index contributed by atoms with van der Waals surface area (Å²) in [7, 11) is 0. The van der Waals surface area contributed by atoms with Crippen LogP contribution in [0.2, 0.25) is 0 Å². The molecular formula is C16H22N2O. The minimum Gasteiger partial charge on any atom is -0.497 e. The number of aryl methyl sites for hydroxylation is 1. The van der Waals surface area contributed by atoms with E-state index in [1.165, 1.54) is 17.5 Å². The number of ether oxygens (including phenoxy) is 1. The highest BCUT2D eigenvalue weighted by atomic mass is 16.5. The van der Waals surface area contributed by atoms with Gasteiger partial charge in [-0.15, -0.1) is 0 Å². The summed E-state index contributed by atoms with van der Waals surface area (Å²) in [6.07, 6.45) is 7.84. The minimum absolute atomic E-state index is 0.161. The molecule has 3 nitrogen and oxygen atoms in total. The molecule has 1 aromatic rings. The third kappa shape index (κ3) is 2.67. The van der Waals surface area contributed by atoms with Crippen molar-refractivity contribution in [2.24, 2.45) is 11.8 Å². The molecule has 1 aromatic carbocycles. The Hall–Kier alpha value is -1.32. The Morgan fingerprint density at radius 2 is 2.11 bits per heavy atom. The number of nitrogens with two attached hydrogens (primary N) is 1. The third-order valence-corrected chi connectivity index (χ3v) is 4.31. The van der Waals surface area contributed by atoms with Gasteiger partial charge in [-0.2, -0.15) is 0 Å². The smallest absolute Gasteiger partial charge is 0.111 e. The topological polar surface area (TPSA) is 47.3 Å². The maximum Gasteiger partial charge on any atom is 0.111 e. The standard InChI is InChI=1S/C16H22N2O/c17-18-16(15-7-3-4-10-19-15)14-9-8-12-5-1-2-6-13(12)11-14/h1-2,5-7,14,16,18H,3-4,8-11,17H2. The molecule has 0 amide bonds. The highest BCUT2D eigenvalue weighted by Gasteiger charge is 2.29. The van der Waals surface area contributed by atoms with Crippen LogP contribution in [0.3, 0.4) is 0 Å². The van der Waals surface area contributed by atoms with E-state index in [0.29, 0.717) is 5.92 Å². The van der Waals surface area contributed by atoms with Gasteiger partial charge in [-0.25, -0.2) is 5.43 Å². The number of fused-ring (bicyclic) bond motifs is 1. The maximum absolute atomic E-state index is 5.79. The van der Waals surface area contributed by atoms with Crippen molar-refractivity contribution < 1.29 is 4.74 Å². The molecule has 0 aromatic heterocycles. The van der Waals surface area contributed by atoms with Crippen molar-refractivity contribution in [3.63, 3.8) is 0 Å². The van der Waals surface area contributed by atoms with Crippen LogP contribution < -0.4 is 11.3 Å². The maximum atomic E-state index is 5.79. The summed E-state index contributed by atoms with van der Waals surface area (Å²) >= 11 is 0. The highest BCUT2D eigenvalue weighted by Crippen LogP contribution is 2.30. The van der Waals surface area contributed by atoms with Gasteiger partial charge in [0.1, 0.15) is 5.76 Å². The van der Waals surface area contributed by atoms with Crippen LogP contribution in [0.25, 0.3) is 0 Å². The lowest BCUT2D eigenvalue weighted by molar-refractivity contribution is 0.146. The van der Waals surface area contributed by atoms with Crippen molar-refractivity contribution in [2.45, 2.75) is 38.1 Å². The molecule has 1 heterocycles. The normalized spacial score (nSPS) is 24.1. The zero-order valence-electron chi connectivity index (χ0n) is 11.3. The summed E-state index contributed by atoms with van der Waals surface area (Å²) < 4.78 is 5.79. The van der Waals surface area contributed by atoms with E-state index in [4.69, 9.17) is 10.6 Å². The third-order valence-electron chi connectivity index (χ3n) is 4.31. The largest absolute Gasteiger partial charge is 0.497 e. The molecule has 0 radical (unpaired) electrons.